The molecule has 2 aliphatic carbocycles. The molecule has 2 saturated carbocycles. The minimum atomic E-state index is -0.725. The van der Waals surface area contributed by atoms with E-state index in [-0.39, 0.29) is 5.92 Å². The average molecular weight is 470 g/mol. The number of allylic oxidation sites excluding steroid dienone is 2. The summed E-state index contributed by atoms with van der Waals surface area (Å²) in [5, 5.41) is 8.87. The molecule has 0 heterocycles. The Kier molecular flexibility index (Phi) is 11.6. The highest BCUT2D eigenvalue weighted by atomic mass is 19.1. The Hall–Kier alpha value is -1.69. The molecule has 0 radical (unpaired) electrons. The second-order valence-corrected chi connectivity index (χ2v) is 11.0. The first kappa shape index (κ1) is 26.9. The van der Waals surface area contributed by atoms with Crippen molar-refractivity contribution in [3.05, 3.63) is 47.0 Å². The van der Waals surface area contributed by atoms with Gasteiger partial charge in [-0.05, 0) is 92.7 Å². The standard InChI is InChI=1S/C31H45F2N/c1-2-3-4-5-6-7-8-9-10-24-11-13-25(14-12-24)15-16-26-17-19-27(20-18-26)28-21-30(32)29(23-34)31(33)22-28/h15-16,21-22,24-27H,2-14,17-20H2,1H3/b16-15+/t24-,25-,26-,27-. The summed E-state index contributed by atoms with van der Waals surface area (Å²) < 4.78 is 28.0. The van der Waals surface area contributed by atoms with Crippen molar-refractivity contribution in [1.82, 2.24) is 0 Å². The smallest absolute Gasteiger partial charge is 0.144 e. The molecular weight excluding hydrogens is 424 g/mol. The molecule has 0 unspecified atom stereocenters. The van der Waals surface area contributed by atoms with Gasteiger partial charge in [0, 0.05) is 0 Å². The third-order valence-corrected chi connectivity index (χ3v) is 8.43. The molecule has 0 spiro atoms. The number of unbranched alkanes of at least 4 members (excludes halogenated alkanes) is 7. The number of nitriles is 1. The second-order valence-electron chi connectivity index (χ2n) is 11.0. The lowest BCUT2D eigenvalue weighted by molar-refractivity contribution is 0.287. The maximum absolute atomic E-state index is 14.0. The summed E-state index contributed by atoms with van der Waals surface area (Å²) in [4.78, 5) is 0. The molecule has 3 heteroatoms. The van der Waals surface area contributed by atoms with Crippen LogP contribution in [0.2, 0.25) is 0 Å². The Morgan fingerprint density at radius 3 is 1.79 bits per heavy atom. The van der Waals surface area contributed by atoms with Gasteiger partial charge in [0.15, 0.2) is 0 Å². The summed E-state index contributed by atoms with van der Waals surface area (Å²) in [6, 6.07) is 4.35. The molecule has 2 aliphatic rings. The van der Waals surface area contributed by atoms with E-state index in [4.69, 9.17) is 5.26 Å². The molecule has 188 valence electrons. The van der Waals surface area contributed by atoms with E-state index in [1.807, 2.05) is 0 Å². The van der Waals surface area contributed by atoms with Crippen molar-refractivity contribution in [1.29, 1.82) is 5.26 Å². The molecule has 0 saturated heterocycles. The highest BCUT2D eigenvalue weighted by molar-refractivity contribution is 5.36. The van der Waals surface area contributed by atoms with Crippen molar-refractivity contribution >= 4 is 0 Å². The predicted octanol–water partition coefficient (Wildman–Crippen LogP) is 10.0. The molecule has 0 aliphatic heterocycles. The molecule has 1 aromatic carbocycles. The van der Waals surface area contributed by atoms with Gasteiger partial charge in [-0.25, -0.2) is 8.78 Å². The number of benzene rings is 1. The molecule has 3 rings (SSSR count). The van der Waals surface area contributed by atoms with Gasteiger partial charge in [0.25, 0.3) is 0 Å². The van der Waals surface area contributed by atoms with Crippen LogP contribution < -0.4 is 0 Å². The van der Waals surface area contributed by atoms with Crippen LogP contribution in [0, 0.1) is 40.7 Å². The molecule has 0 aromatic heterocycles. The largest absolute Gasteiger partial charge is 0.205 e. The lowest BCUT2D eigenvalue weighted by Crippen LogP contribution is -2.15. The van der Waals surface area contributed by atoms with E-state index in [9.17, 15) is 8.78 Å². The Balaban J connectivity index is 1.29. The van der Waals surface area contributed by atoms with E-state index >= 15 is 0 Å². The molecular formula is C31H45F2N. The van der Waals surface area contributed by atoms with Crippen LogP contribution in [0.15, 0.2) is 24.3 Å². The maximum atomic E-state index is 14.0. The van der Waals surface area contributed by atoms with E-state index in [2.05, 4.69) is 19.1 Å². The number of hydrogen-bond donors (Lipinski definition) is 0. The van der Waals surface area contributed by atoms with Crippen LogP contribution in [0.25, 0.3) is 0 Å². The third-order valence-electron chi connectivity index (χ3n) is 8.43. The fraction of sp³-hybridized carbons (Fsp3) is 0.710. The van der Waals surface area contributed by atoms with Crippen LogP contribution in [-0.4, -0.2) is 0 Å². The summed E-state index contributed by atoms with van der Waals surface area (Å²) in [6.07, 6.45) is 27.2. The van der Waals surface area contributed by atoms with Gasteiger partial charge in [0.2, 0.25) is 0 Å². The molecule has 0 N–H and O–H groups in total. The van der Waals surface area contributed by atoms with Crippen molar-refractivity contribution in [3.63, 3.8) is 0 Å². The Labute approximate surface area is 207 Å². The van der Waals surface area contributed by atoms with Crippen LogP contribution in [0.1, 0.15) is 133 Å². The van der Waals surface area contributed by atoms with Crippen molar-refractivity contribution in [2.24, 2.45) is 17.8 Å². The highest BCUT2D eigenvalue weighted by Crippen LogP contribution is 2.38. The third kappa shape index (κ3) is 8.51. The van der Waals surface area contributed by atoms with Crippen LogP contribution in [0.3, 0.4) is 0 Å². The predicted molar refractivity (Wildman–Crippen MR) is 138 cm³/mol. The van der Waals surface area contributed by atoms with Gasteiger partial charge < -0.3 is 0 Å². The number of nitrogens with zero attached hydrogens (tertiary/aromatic N) is 1. The first-order valence-corrected chi connectivity index (χ1v) is 14.2. The van der Waals surface area contributed by atoms with Gasteiger partial charge in [-0.2, -0.15) is 5.26 Å². The first-order chi connectivity index (χ1) is 16.6. The zero-order valence-corrected chi connectivity index (χ0v) is 21.3. The quantitative estimate of drug-likeness (QED) is 0.221. The lowest BCUT2D eigenvalue weighted by Gasteiger charge is -2.29. The molecule has 0 amide bonds. The van der Waals surface area contributed by atoms with E-state index in [1.165, 1.54) is 95.6 Å². The number of hydrogen-bond acceptors (Lipinski definition) is 1. The SMILES string of the molecule is CCCCCCCCCC[C@H]1CC[C@H](/C=C/[C@H]2CC[C@H](c3cc(F)c(C#N)c(F)c3)CC2)CC1. The van der Waals surface area contributed by atoms with Gasteiger partial charge in [-0.3, -0.25) is 0 Å². The fourth-order valence-corrected chi connectivity index (χ4v) is 6.13. The molecule has 0 bridgehead atoms. The van der Waals surface area contributed by atoms with Gasteiger partial charge in [0.1, 0.15) is 23.3 Å². The molecule has 34 heavy (non-hydrogen) atoms. The second kappa shape index (κ2) is 14.7. The maximum Gasteiger partial charge on any atom is 0.144 e. The topological polar surface area (TPSA) is 23.8 Å². The van der Waals surface area contributed by atoms with E-state index < -0.39 is 17.2 Å². The molecule has 1 nitrogen and oxygen atoms in total. The Morgan fingerprint density at radius 1 is 0.765 bits per heavy atom. The number of halogens is 2. The monoisotopic (exact) mass is 469 g/mol. The summed E-state index contributed by atoms with van der Waals surface area (Å²) in [6.45, 7) is 2.28. The van der Waals surface area contributed by atoms with Crippen LogP contribution in [0.5, 0.6) is 0 Å². The van der Waals surface area contributed by atoms with Crippen LogP contribution in [-0.2, 0) is 0 Å². The molecule has 1 aromatic rings. The summed E-state index contributed by atoms with van der Waals surface area (Å²) in [7, 11) is 0. The van der Waals surface area contributed by atoms with Crippen molar-refractivity contribution in [2.75, 3.05) is 0 Å². The van der Waals surface area contributed by atoms with E-state index in [1.54, 1.807) is 6.07 Å². The lowest BCUT2D eigenvalue weighted by atomic mass is 9.76. The normalized spacial score (nSPS) is 25.5. The van der Waals surface area contributed by atoms with Gasteiger partial charge >= 0.3 is 0 Å². The summed E-state index contributed by atoms with van der Waals surface area (Å²) in [5.41, 5.74) is 0.249. The zero-order valence-electron chi connectivity index (χ0n) is 21.3. The summed E-state index contributed by atoms with van der Waals surface area (Å²) >= 11 is 0. The van der Waals surface area contributed by atoms with E-state index in [0.717, 1.165) is 37.5 Å². The zero-order chi connectivity index (χ0) is 24.2. The molecule has 2 fully saturated rings. The van der Waals surface area contributed by atoms with Gasteiger partial charge in [0.05, 0.1) is 0 Å². The van der Waals surface area contributed by atoms with Crippen LogP contribution in [0.4, 0.5) is 8.78 Å². The fourth-order valence-electron chi connectivity index (χ4n) is 6.13. The van der Waals surface area contributed by atoms with Gasteiger partial charge in [-0.15, -0.1) is 0 Å². The Bertz CT molecular complexity index is 769. The first-order valence-electron chi connectivity index (χ1n) is 14.2. The minimum absolute atomic E-state index is 0.202. The highest BCUT2D eigenvalue weighted by Gasteiger charge is 2.24. The van der Waals surface area contributed by atoms with Crippen molar-refractivity contribution < 1.29 is 8.78 Å². The number of rotatable bonds is 12. The van der Waals surface area contributed by atoms with E-state index in [0.29, 0.717) is 11.5 Å². The van der Waals surface area contributed by atoms with Crippen molar-refractivity contribution in [2.45, 2.75) is 122 Å². The van der Waals surface area contributed by atoms with Gasteiger partial charge in [-0.1, -0.05) is 76.9 Å². The average Bonchev–Trinajstić information content (AvgIpc) is 2.85. The van der Waals surface area contributed by atoms with Crippen molar-refractivity contribution in [3.8, 4) is 6.07 Å². The summed E-state index contributed by atoms with van der Waals surface area (Å²) in [5.74, 6) is 1.05. The molecule has 0 atom stereocenters. The Morgan fingerprint density at radius 2 is 1.26 bits per heavy atom. The van der Waals surface area contributed by atoms with Crippen LogP contribution >= 0.6 is 0 Å². The minimum Gasteiger partial charge on any atom is -0.205 e.